The molecule has 3 aliphatic rings. The van der Waals surface area contributed by atoms with Crippen molar-refractivity contribution in [2.24, 2.45) is 0 Å². The Hall–Kier alpha value is -3.61. The van der Waals surface area contributed by atoms with Gasteiger partial charge < -0.3 is 25.0 Å². The number of nitrogens with zero attached hydrogens (tertiary/aromatic N) is 6. The second kappa shape index (κ2) is 14.7. The molecule has 1 unspecified atom stereocenters. The maximum absolute atomic E-state index is 14.0. The Morgan fingerprint density at radius 1 is 1.09 bits per heavy atom. The highest BCUT2D eigenvalue weighted by Gasteiger charge is 2.35. The van der Waals surface area contributed by atoms with Crippen LogP contribution in [0.15, 0.2) is 47.4 Å². The molecule has 0 aliphatic carbocycles. The quantitative estimate of drug-likeness (QED) is 0.332. The Morgan fingerprint density at radius 2 is 1.85 bits per heavy atom. The molecule has 2 aromatic carbocycles. The van der Waals surface area contributed by atoms with E-state index in [0.29, 0.717) is 62.6 Å². The zero-order valence-corrected chi connectivity index (χ0v) is 26.8. The number of alkyl halides is 3. The summed E-state index contributed by atoms with van der Waals surface area (Å²) in [5.41, 5.74) is 3.79. The van der Waals surface area contributed by atoms with Crippen molar-refractivity contribution in [1.29, 1.82) is 5.26 Å². The first-order chi connectivity index (χ1) is 22.7. The number of thioether (sulfide) groups is 1. The Balaban J connectivity index is 1.16. The predicted molar refractivity (Wildman–Crippen MR) is 172 cm³/mol. The number of aliphatic hydroxyl groups excluding tert-OH is 1. The van der Waals surface area contributed by atoms with E-state index in [-0.39, 0.29) is 23.1 Å². The van der Waals surface area contributed by atoms with Gasteiger partial charge in [0, 0.05) is 87.0 Å². The lowest BCUT2D eigenvalue weighted by atomic mass is 10.0. The smallest absolute Gasteiger partial charge is 0.390 e. The van der Waals surface area contributed by atoms with Gasteiger partial charge in [0.05, 0.1) is 54.1 Å². The SMILES string of the molecule is N#Cc1ccccc1N1CCN(CC(O)Cn2nc(-c3ccc(C(F)(F)F)c(SCC(=O)N4CCOCC4)c3)c3c2CCNC3)CC1. The van der Waals surface area contributed by atoms with Crippen molar-refractivity contribution in [2.75, 3.05) is 76.2 Å². The normalized spacial score (nSPS) is 18.1. The molecule has 3 aromatic rings. The number of amides is 1. The predicted octanol–water partition coefficient (Wildman–Crippen LogP) is 3.22. The minimum Gasteiger partial charge on any atom is -0.390 e. The number of hydrogen-bond acceptors (Lipinski definition) is 9. The van der Waals surface area contributed by atoms with Gasteiger partial charge in [-0.25, -0.2) is 0 Å². The molecule has 4 heterocycles. The zero-order valence-electron chi connectivity index (χ0n) is 26.0. The number of morpholine rings is 1. The fourth-order valence-corrected chi connectivity index (χ4v) is 7.45. The molecule has 1 aromatic heterocycles. The summed E-state index contributed by atoms with van der Waals surface area (Å²) in [6, 6.07) is 13.8. The first-order valence-electron chi connectivity index (χ1n) is 15.8. The fraction of sp³-hybridized carbons (Fsp3) is 0.485. The van der Waals surface area contributed by atoms with E-state index < -0.39 is 17.8 Å². The van der Waals surface area contributed by atoms with Crippen LogP contribution in [0.25, 0.3) is 11.3 Å². The molecule has 0 bridgehead atoms. The fourth-order valence-electron chi connectivity index (χ4n) is 6.44. The number of hydrogen-bond donors (Lipinski definition) is 2. The van der Waals surface area contributed by atoms with Gasteiger partial charge in [-0.2, -0.15) is 23.5 Å². The number of carbonyl (C=O) groups is 1. The molecular formula is C33H38F3N7O3S. The number of piperazine rings is 1. The third kappa shape index (κ3) is 7.76. The van der Waals surface area contributed by atoms with Gasteiger partial charge in [0.15, 0.2) is 0 Å². The number of halogens is 3. The second-order valence-electron chi connectivity index (χ2n) is 11.9. The third-order valence-corrected chi connectivity index (χ3v) is 9.91. The molecule has 0 saturated carbocycles. The van der Waals surface area contributed by atoms with E-state index in [4.69, 9.17) is 9.84 Å². The van der Waals surface area contributed by atoms with Crippen molar-refractivity contribution >= 4 is 23.4 Å². The molecule has 3 aliphatic heterocycles. The zero-order chi connectivity index (χ0) is 33.0. The van der Waals surface area contributed by atoms with Gasteiger partial charge in [0.1, 0.15) is 6.07 Å². The van der Waals surface area contributed by atoms with Crippen molar-refractivity contribution in [1.82, 2.24) is 24.9 Å². The van der Waals surface area contributed by atoms with Crippen LogP contribution in [0.4, 0.5) is 18.9 Å². The summed E-state index contributed by atoms with van der Waals surface area (Å²) in [6.07, 6.45) is -4.59. The molecule has 47 heavy (non-hydrogen) atoms. The molecule has 0 spiro atoms. The highest BCUT2D eigenvalue weighted by atomic mass is 32.2. The first-order valence-corrected chi connectivity index (χ1v) is 16.8. The number of ether oxygens (including phenoxy) is 1. The van der Waals surface area contributed by atoms with Gasteiger partial charge >= 0.3 is 6.18 Å². The lowest BCUT2D eigenvalue weighted by molar-refractivity contribution is -0.139. The van der Waals surface area contributed by atoms with Crippen molar-refractivity contribution in [3.8, 4) is 17.3 Å². The van der Waals surface area contributed by atoms with E-state index in [1.54, 1.807) is 4.90 Å². The molecule has 2 N–H and O–H groups in total. The summed E-state index contributed by atoms with van der Waals surface area (Å²) < 4.78 is 49.1. The highest BCUT2D eigenvalue weighted by molar-refractivity contribution is 8.00. The van der Waals surface area contributed by atoms with Gasteiger partial charge in [0.25, 0.3) is 0 Å². The van der Waals surface area contributed by atoms with Gasteiger partial charge in [-0.15, -0.1) is 11.8 Å². The summed E-state index contributed by atoms with van der Waals surface area (Å²) in [6.45, 7) is 6.63. The molecule has 2 fully saturated rings. The Labute approximate surface area is 276 Å². The Morgan fingerprint density at radius 3 is 2.60 bits per heavy atom. The Kier molecular flexibility index (Phi) is 10.4. The lowest BCUT2D eigenvalue weighted by Crippen LogP contribution is -2.49. The number of benzene rings is 2. The van der Waals surface area contributed by atoms with Crippen molar-refractivity contribution in [3.63, 3.8) is 0 Å². The van der Waals surface area contributed by atoms with Crippen LogP contribution in [-0.2, 0) is 35.2 Å². The minimum atomic E-state index is -4.57. The number of para-hydroxylation sites is 1. The molecule has 6 rings (SSSR count). The Bertz CT molecular complexity index is 1610. The summed E-state index contributed by atoms with van der Waals surface area (Å²) >= 11 is 0.892. The number of nitriles is 1. The molecule has 0 radical (unpaired) electrons. The monoisotopic (exact) mass is 669 g/mol. The van der Waals surface area contributed by atoms with Crippen LogP contribution in [0, 0.1) is 11.3 Å². The molecule has 2 saturated heterocycles. The van der Waals surface area contributed by atoms with Gasteiger partial charge in [-0.1, -0.05) is 18.2 Å². The summed E-state index contributed by atoms with van der Waals surface area (Å²) in [5, 5.41) is 28.8. The van der Waals surface area contributed by atoms with Crippen LogP contribution in [0.1, 0.15) is 22.4 Å². The molecule has 10 nitrogen and oxygen atoms in total. The van der Waals surface area contributed by atoms with Crippen LogP contribution < -0.4 is 10.2 Å². The number of aliphatic hydroxyl groups is 1. The minimum absolute atomic E-state index is 0.0137. The highest BCUT2D eigenvalue weighted by Crippen LogP contribution is 2.40. The third-order valence-electron chi connectivity index (χ3n) is 8.87. The molecule has 1 atom stereocenters. The van der Waals surface area contributed by atoms with Crippen LogP contribution in [-0.4, -0.2) is 108 Å². The average Bonchev–Trinajstić information content (AvgIpc) is 3.45. The van der Waals surface area contributed by atoms with Gasteiger partial charge in [-0.3, -0.25) is 14.4 Å². The molecule has 250 valence electrons. The van der Waals surface area contributed by atoms with Crippen LogP contribution in [0.3, 0.4) is 0 Å². The van der Waals surface area contributed by atoms with E-state index in [9.17, 15) is 28.3 Å². The number of anilines is 1. The number of fused-ring (bicyclic) bond motifs is 1. The van der Waals surface area contributed by atoms with E-state index >= 15 is 0 Å². The van der Waals surface area contributed by atoms with E-state index in [2.05, 4.69) is 21.2 Å². The number of rotatable bonds is 9. The van der Waals surface area contributed by atoms with E-state index in [1.165, 1.54) is 12.1 Å². The maximum Gasteiger partial charge on any atom is 0.417 e. The lowest BCUT2D eigenvalue weighted by Gasteiger charge is -2.37. The number of carbonyl (C=O) groups excluding carboxylic acids is 1. The maximum atomic E-state index is 14.0. The number of aromatic nitrogens is 2. The number of nitrogens with one attached hydrogen (secondary N) is 1. The van der Waals surface area contributed by atoms with E-state index in [0.717, 1.165) is 67.5 Å². The summed E-state index contributed by atoms with van der Waals surface area (Å²) in [7, 11) is 0. The van der Waals surface area contributed by atoms with E-state index in [1.807, 2.05) is 28.9 Å². The largest absolute Gasteiger partial charge is 0.417 e. The number of β-amino-alcohol motifs (C(OH)–C–C–N with tert-alkyl or cyclic N) is 1. The van der Waals surface area contributed by atoms with Crippen LogP contribution in [0.5, 0.6) is 0 Å². The van der Waals surface area contributed by atoms with Crippen molar-refractivity contribution < 1.29 is 27.8 Å². The van der Waals surface area contributed by atoms with Crippen LogP contribution >= 0.6 is 11.8 Å². The van der Waals surface area contributed by atoms with Gasteiger partial charge in [0.2, 0.25) is 5.91 Å². The summed E-state index contributed by atoms with van der Waals surface area (Å²) in [5.74, 6) is -0.323. The molecule has 1 amide bonds. The average molecular weight is 670 g/mol. The van der Waals surface area contributed by atoms with Gasteiger partial charge in [-0.05, 0) is 24.3 Å². The van der Waals surface area contributed by atoms with Crippen molar-refractivity contribution in [3.05, 3.63) is 64.8 Å². The molecule has 14 heteroatoms. The van der Waals surface area contributed by atoms with Crippen LogP contribution in [0.2, 0.25) is 0 Å². The molecular weight excluding hydrogens is 631 g/mol. The topological polar surface area (TPSA) is 110 Å². The summed E-state index contributed by atoms with van der Waals surface area (Å²) in [4.78, 5) is 18.7. The second-order valence-corrected chi connectivity index (χ2v) is 13.0. The standard InChI is InChI=1S/C33H38F3N7O3S/c34-33(35,36)27-6-5-23(17-30(27)47-22-31(45)42-13-15-46-16-14-42)32-26-19-38-8-7-29(26)43(39-32)21-25(44)20-40-9-11-41(12-10-40)28-4-2-1-3-24(28)18-37/h1-6,17,25,38,44H,7-16,19-22H2. The first kappa shape index (κ1) is 33.3. The van der Waals surface area contributed by atoms with Crippen molar-refractivity contribution in [2.45, 2.75) is 36.7 Å².